The molecule has 0 aromatic carbocycles. The first-order valence-electron chi connectivity index (χ1n) is 5.99. The van der Waals surface area contributed by atoms with Crippen molar-refractivity contribution in [2.45, 2.75) is 13.0 Å². The second-order valence-electron chi connectivity index (χ2n) is 4.26. The summed E-state index contributed by atoms with van der Waals surface area (Å²) in [5.74, 6) is 0.894. The van der Waals surface area contributed by atoms with Crippen LogP contribution in [0.3, 0.4) is 0 Å². The number of ether oxygens (including phenoxy) is 1. The lowest BCUT2D eigenvalue weighted by atomic mass is 10.1. The zero-order valence-corrected chi connectivity index (χ0v) is 10.7. The van der Waals surface area contributed by atoms with Crippen LogP contribution in [0, 0.1) is 0 Å². The van der Waals surface area contributed by atoms with Gasteiger partial charge in [-0.25, -0.2) is 4.98 Å². The fraction of sp³-hybridized carbons (Fsp3) is 0.167. The van der Waals surface area contributed by atoms with Gasteiger partial charge in [0.15, 0.2) is 5.65 Å². The average molecular weight is 271 g/mol. The number of fused-ring (bicyclic) bond motifs is 1. The van der Waals surface area contributed by atoms with E-state index in [9.17, 15) is 0 Å². The van der Waals surface area contributed by atoms with Gasteiger partial charge >= 0.3 is 0 Å². The third kappa shape index (κ3) is 2.07. The Labute approximate surface area is 114 Å². The van der Waals surface area contributed by atoms with Crippen molar-refractivity contribution in [3.63, 3.8) is 0 Å². The largest absolute Gasteiger partial charge is 0.469 e. The second kappa shape index (κ2) is 4.65. The van der Waals surface area contributed by atoms with Gasteiger partial charge in [0.2, 0.25) is 11.8 Å². The lowest BCUT2D eigenvalue weighted by Crippen LogP contribution is -2.09. The maximum Gasteiger partial charge on any atom is 0.230 e. The molecule has 0 amide bonds. The van der Waals surface area contributed by atoms with Crippen LogP contribution in [0.15, 0.2) is 24.5 Å². The number of hydrogen-bond donors (Lipinski definition) is 3. The maximum atomic E-state index is 5.83. The van der Waals surface area contributed by atoms with Crippen molar-refractivity contribution in [2.75, 3.05) is 11.5 Å². The number of H-pyrrole nitrogens is 1. The molecule has 0 aliphatic heterocycles. The van der Waals surface area contributed by atoms with Crippen LogP contribution in [-0.2, 0) is 0 Å². The van der Waals surface area contributed by atoms with E-state index >= 15 is 0 Å². The van der Waals surface area contributed by atoms with E-state index in [1.54, 1.807) is 18.5 Å². The zero-order valence-electron chi connectivity index (χ0n) is 10.7. The molecule has 3 heterocycles. The quantitative estimate of drug-likeness (QED) is 0.649. The number of nitrogens with one attached hydrogen (secondary N) is 1. The predicted molar refractivity (Wildman–Crippen MR) is 73.8 cm³/mol. The maximum absolute atomic E-state index is 5.83. The average Bonchev–Trinajstić information content (AvgIpc) is 2.87. The summed E-state index contributed by atoms with van der Waals surface area (Å²) >= 11 is 0. The highest BCUT2D eigenvalue weighted by molar-refractivity contribution is 5.80. The van der Waals surface area contributed by atoms with Gasteiger partial charge < -0.3 is 16.2 Å². The normalized spacial score (nSPS) is 12.4. The van der Waals surface area contributed by atoms with Gasteiger partial charge in [0.05, 0.1) is 6.20 Å². The van der Waals surface area contributed by atoms with Crippen molar-refractivity contribution >= 4 is 22.8 Å². The van der Waals surface area contributed by atoms with E-state index < -0.39 is 0 Å². The number of pyridine rings is 1. The third-order valence-electron chi connectivity index (χ3n) is 2.89. The predicted octanol–water partition coefficient (Wildman–Crippen LogP) is 1.05. The number of nitrogens with zero attached hydrogens (tertiary/aromatic N) is 4. The summed E-state index contributed by atoms with van der Waals surface area (Å²) in [4.78, 5) is 12.2. The van der Waals surface area contributed by atoms with Gasteiger partial charge in [0.25, 0.3) is 0 Å². The van der Waals surface area contributed by atoms with Gasteiger partial charge in [0.1, 0.15) is 17.3 Å². The Balaban J connectivity index is 1.97. The molecule has 0 spiro atoms. The summed E-state index contributed by atoms with van der Waals surface area (Å²) in [6.45, 7) is 1.86. The molecule has 0 radical (unpaired) electrons. The van der Waals surface area contributed by atoms with Crippen molar-refractivity contribution in [1.82, 2.24) is 25.1 Å². The molecule has 3 aromatic rings. The summed E-state index contributed by atoms with van der Waals surface area (Å²) in [6.07, 6.45) is 2.89. The Bertz CT molecular complexity index is 754. The molecule has 1 unspecified atom stereocenters. The molecular formula is C12H13N7O. The monoisotopic (exact) mass is 271 g/mol. The minimum absolute atomic E-state index is 0.114. The minimum atomic E-state index is -0.323. The van der Waals surface area contributed by atoms with Gasteiger partial charge in [-0.2, -0.15) is 15.1 Å². The van der Waals surface area contributed by atoms with Gasteiger partial charge in [-0.1, -0.05) is 6.07 Å². The zero-order chi connectivity index (χ0) is 14.1. The number of rotatable bonds is 3. The summed E-state index contributed by atoms with van der Waals surface area (Å²) in [6, 6.07) is 3.65. The van der Waals surface area contributed by atoms with Crippen molar-refractivity contribution in [3.05, 3.63) is 30.1 Å². The van der Waals surface area contributed by atoms with Gasteiger partial charge in [-0.3, -0.25) is 5.10 Å². The van der Waals surface area contributed by atoms with Crippen LogP contribution in [0.5, 0.6) is 5.88 Å². The highest BCUT2D eigenvalue weighted by Gasteiger charge is 2.16. The van der Waals surface area contributed by atoms with E-state index in [1.165, 1.54) is 0 Å². The van der Waals surface area contributed by atoms with Crippen molar-refractivity contribution in [2.24, 2.45) is 0 Å². The van der Waals surface area contributed by atoms with E-state index in [4.69, 9.17) is 16.2 Å². The first kappa shape index (κ1) is 12.2. The molecule has 3 aromatic heterocycles. The molecule has 0 aliphatic rings. The lowest BCUT2D eigenvalue weighted by molar-refractivity contribution is 0.221. The molecule has 8 heteroatoms. The molecule has 20 heavy (non-hydrogen) atoms. The molecule has 0 aliphatic carbocycles. The number of nitrogens with two attached hydrogens (primary N) is 2. The Kier molecular flexibility index (Phi) is 2.82. The molecule has 0 bridgehead atoms. The Hall–Kier alpha value is -2.90. The summed E-state index contributed by atoms with van der Waals surface area (Å²) < 4.78 is 5.82. The van der Waals surface area contributed by atoms with Crippen molar-refractivity contribution in [1.29, 1.82) is 0 Å². The second-order valence-corrected chi connectivity index (χ2v) is 4.26. The van der Waals surface area contributed by atoms with Crippen LogP contribution in [-0.4, -0.2) is 25.1 Å². The van der Waals surface area contributed by atoms with Crippen molar-refractivity contribution < 1.29 is 4.74 Å². The van der Waals surface area contributed by atoms with Crippen LogP contribution >= 0.6 is 0 Å². The van der Waals surface area contributed by atoms with E-state index in [-0.39, 0.29) is 12.1 Å². The first-order chi connectivity index (χ1) is 9.65. The van der Waals surface area contributed by atoms with E-state index in [0.717, 1.165) is 5.56 Å². The van der Waals surface area contributed by atoms with E-state index in [0.29, 0.717) is 22.7 Å². The SMILES string of the molecule is CC(Oc1nc(N)nc2[nH]ncc12)c1cccnc1N. The summed E-state index contributed by atoms with van der Waals surface area (Å²) in [5.41, 5.74) is 12.8. The van der Waals surface area contributed by atoms with Crippen LogP contribution in [0.25, 0.3) is 11.0 Å². The molecule has 0 saturated heterocycles. The topological polar surface area (TPSA) is 129 Å². The van der Waals surface area contributed by atoms with Gasteiger partial charge in [-0.15, -0.1) is 0 Å². The molecule has 102 valence electrons. The van der Waals surface area contributed by atoms with Crippen LogP contribution in [0.4, 0.5) is 11.8 Å². The van der Waals surface area contributed by atoms with Crippen LogP contribution in [0.2, 0.25) is 0 Å². The van der Waals surface area contributed by atoms with Crippen LogP contribution < -0.4 is 16.2 Å². The Morgan fingerprint density at radius 1 is 1.30 bits per heavy atom. The van der Waals surface area contributed by atoms with Crippen LogP contribution in [0.1, 0.15) is 18.6 Å². The number of anilines is 2. The number of aromatic amines is 1. The number of hydrogen-bond acceptors (Lipinski definition) is 7. The molecule has 1 atom stereocenters. The Morgan fingerprint density at radius 3 is 2.95 bits per heavy atom. The molecule has 5 N–H and O–H groups in total. The highest BCUT2D eigenvalue weighted by Crippen LogP contribution is 2.28. The Morgan fingerprint density at radius 2 is 2.15 bits per heavy atom. The lowest BCUT2D eigenvalue weighted by Gasteiger charge is -2.15. The smallest absolute Gasteiger partial charge is 0.230 e. The minimum Gasteiger partial charge on any atom is -0.469 e. The van der Waals surface area contributed by atoms with E-state index in [2.05, 4.69) is 25.1 Å². The molecular weight excluding hydrogens is 258 g/mol. The molecule has 0 saturated carbocycles. The fourth-order valence-electron chi connectivity index (χ4n) is 1.92. The molecule has 8 nitrogen and oxygen atoms in total. The van der Waals surface area contributed by atoms with Gasteiger partial charge in [0, 0.05) is 11.8 Å². The highest BCUT2D eigenvalue weighted by atomic mass is 16.5. The molecule has 0 fully saturated rings. The summed E-state index contributed by atoms with van der Waals surface area (Å²) in [7, 11) is 0. The van der Waals surface area contributed by atoms with Gasteiger partial charge in [-0.05, 0) is 13.0 Å². The van der Waals surface area contributed by atoms with E-state index in [1.807, 2.05) is 13.0 Å². The fourth-order valence-corrected chi connectivity index (χ4v) is 1.92. The van der Waals surface area contributed by atoms with Crippen molar-refractivity contribution in [3.8, 4) is 5.88 Å². The number of nitrogen functional groups attached to an aromatic ring is 2. The first-order valence-corrected chi connectivity index (χ1v) is 5.99. The standard InChI is InChI=1S/C12H13N7O/c1-6(7-3-2-4-15-9(7)13)20-11-8-5-16-19-10(8)17-12(14)18-11/h2-6H,1H3,(H2,13,15)(H3,14,16,17,18,19). The number of aromatic nitrogens is 5. The summed E-state index contributed by atoms with van der Waals surface area (Å²) in [5, 5.41) is 7.29. The molecule has 3 rings (SSSR count). The third-order valence-corrected chi connectivity index (χ3v) is 2.89.